The van der Waals surface area contributed by atoms with Gasteiger partial charge >= 0.3 is 0 Å². The van der Waals surface area contributed by atoms with Gasteiger partial charge in [0.1, 0.15) is 24.4 Å². The van der Waals surface area contributed by atoms with Crippen LogP contribution in [0.15, 0.2) is 30.3 Å². The van der Waals surface area contributed by atoms with Crippen molar-refractivity contribution in [3.63, 3.8) is 0 Å². The lowest BCUT2D eigenvalue weighted by Crippen LogP contribution is -2.49. The summed E-state index contributed by atoms with van der Waals surface area (Å²) in [4.78, 5) is 0. The zero-order valence-electron chi connectivity index (χ0n) is 9.32. The van der Waals surface area contributed by atoms with Gasteiger partial charge in [-0.2, -0.15) is 0 Å². The first-order valence-corrected chi connectivity index (χ1v) is 6.01. The van der Waals surface area contributed by atoms with Crippen LogP contribution < -0.4 is 0 Å². The van der Waals surface area contributed by atoms with E-state index in [-0.39, 0.29) is 30.7 Å². The van der Waals surface area contributed by atoms with E-state index in [2.05, 4.69) is 0 Å². The van der Waals surface area contributed by atoms with Gasteiger partial charge in [-0.05, 0) is 0 Å². The minimum atomic E-state index is -0.288. The van der Waals surface area contributed by atoms with Crippen molar-refractivity contribution in [3.05, 3.63) is 35.9 Å². The highest BCUT2D eigenvalue weighted by atomic mass is 16.7. The quantitative estimate of drug-likeness (QED) is 0.686. The Morgan fingerprint density at radius 1 is 0.824 bits per heavy atom. The summed E-state index contributed by atoms with van der Waals surface area (Å²) < 4.78 is 22.8. The second kappa shape index (κ2) is 3.78. The Kier molecular flexibility index (Phi) is 2.23. The van der Waals surface area contributed by atoms with Crippen LogP contribution in [0.2, 0.25) is 0 Å². The largest absolute Gasteiger partial charge is 0.370 e. The molecule has 3 saturated heterocycles. The van der Waals surface area contributed by atoms with Crippen LogP contribution in [0, 0.1) is 0 Å². The molecule has 3 heterocycles. The Labute approximate surface area is 99.4 Å². The molecule has 1 aromatic carbocycles. The van der Waals surface area contributed by atoms with Crippen LogP contribution in [-0.2, 0) is 18.9 Å². The van der Waals surface area contributed by atoms with E-state index in [1.807, 2.05) is 30.3 Å². The normalized spacial score (nSPS) is 43.6. The molecular formula is C13H14O4. The molecule has 0 amide bonds. The fraction of sp³-hybridized carbons (Fsp3) is 0.538. The lowest BCUT2D eigenvalue weighted by atomic mass is 10.0. The van der Waals surface area contributed by atoms with Crippen molar-refractivity contribution < 1.29 is 18.9 Å². The molecule has 3 unspecified atom stereocenters. The van der Waals surface area contributed by atoms with Crippen molar-refractivity contribution in [2.75, 3.05) is 13.2 Å². The van der Waals surface area contributed by atoms with Crippen molar-refractivity contribution in [1.29, 1.82) is 0 Å². The molecule has 5 atom stereocenters. The third-order valence-corrected chi connectivity index (χ3v) is 3.55. The predicted molar refractivity (Wildman–Crippen MR) is 58.4 cm³/mol. The molecule has 3 aliphatic heterocycles. The zero-order chi connectivity index (χ0) is 11.2. The summed E-state index contributed by atoms with van der Waals surface area (Å²) in [6, 6.07) is 9.99. The molecular weight excluding hydrogens is 220 g/mol. The van der Waals surface area contributed by atoms with Crippen molar-refractivity contribution in [1.82, 2.24) is 0 Å². The smallest absolute Gasteiger partial charge is 0.184 e. The third-order valence-electron chi connectivity index (χ3n) is 3.55. The molecule has 0 saturated carbocycles. The van der Waals surface area contributed by atoms with Gasteiger partial charge in [-0.3, -0.25) is 0 Å². The maximum atomic E-state index is 5.96. The molecule has 4 nitrogen and oxygen atoms in total. The molecule has 0 aliphatic carbocycles. The highest BCUT2D eigenvalue weighted by Crippen LogP contribution is 2.40. The number of ether oxygens (including phenoxy) is 4. The first kappa shape index (κ1) is 10.0. The average molecular weight is 234 g/mol. The van der Waals surface area contributed by atoms with Gasteiger partial charge in [-0.15, -0.1) is 0 Å². The molecule has 0 bridgehead atoms. The monoisotopic (exact) mass is 234 g/mol. The van der Waals surface area contributed by atoms with E-state index in [0.717, 1.165) is 5.56 Å². The molecule has 4 rings (SSSR count). The van der Waals surface area contributed by atoms with E-state index in [1.165, 1.54) is 0 Å². The number of hydrogen-bond donors (Lipinski definition) is 0. The van der Waals surface area contributed by atoms with Gasteiger partial charge < -0.3 is 18.9 Å². The van der Waals surface area contributed by atoms with Crippen LogP contribution in [0.5, 0.6) is 0 Å². The summed E-state index contributed by atoms with van der Waals surface area (Å²) in [7, 11) is 0. The van der Waals surface area contributed by atoms with Crippen LogP contribution in [0.4, 0.5) is 0 Å². The van der Waals surface area contributed by atoms with Crippen molar-refractivity contribution in [2.45, 2.75) is 30.7 Å². The topological polar surface area (TPSA) is 40.2 Å². The lowest BCUT2D eigenvalue weighted by molar-refractivity contribution is -0.273. The Bertz CT molecular complexity index is 407. The molecule has 90 valence electrons. The fourth-order valence-corrected chi connectivity index (χ4v) is 2.56. The maximum Gasteiger partial charge on any atom is 0.184 e. The highest BCUT2D eigenvalue weighted by molar-refractivity contribution is 5.17. The Morgan fingerprint density at radius 2 is 1.59 bits per heavy atom. The minimum Gasteiger partial charge on any atom is -0.370 e. The molecule has 17 heavy (non-hydrogen) atoms. The first-order chi connectivity index (χ1) is 8.42. The Morgan fingerprint density at radius 3 is 2.47 bits per heavy atom. The molecule has 0 radical (unpaired) electrons. The predicted octanol–water partition coefficient (Wildman–Crippen LogP) is 1.27. The summed E-state index contributed by atoms with van der Waals surface area (Å²) in [5.41, 5.74) is 1.05. The number of benzene rings is 1. The summed E-state index contributed by atoms with van der Waals surface area (Å²) in [6.45, 7) is 1.26. The van der Waals surface area contributed by atoms with Gasteiger partial charge in [0, 0.05) is 5.56 Å². The van der Waals surface area contributed by atoms with Crippen LogP contribution in [0.3, 0.4) is 0 Å². The Balaban J connectivity index is 1.53. The van der Waals surface area contributed by atoms with E-state index in [1.54, 1.807) is 0 Å². The van der Waals surface area contributed by atoms with Gasteiger partial charge in [-0.25, -0.2) is 0 Å². The SMILES string of the molecule is c1ccc(C2OCC3OCC4O[C@@H]4[C@@H]3O2)cc1. The van der Waals surface area contributed by atoms with E-state index in [0.29, 0.717) is 13.2 Å². The van der Waals surface area contributed by atoms with Gasteiger partial charge in [0.25, 0.3) is 0 Å². The standard InChI is InChI=1S/C13H14O4/c1-2-4-8(5-3-1)13-15-6-9-11(17-13)12-10(16-12)7-14-9/h1-5,9-13H,6-7H2/t9?,10?,11-,12+,13?/m1/s1. The summed E-state index contributed by atoms with van der Waals surface area (Å²) in [5.74, 6) is 0. The molecule has 0 spiro atoms. The minimum absolute atomic E-state index is 0.0210. The van der Waals surface area contributed by atoms with Crippen molar-refractivity contribution in [3.8, 4) is 0 Å². The van der Waals surface area contributed by atoms with Gasteiger partial charge in [-0.1, -0.05) is 30.3 Å². The second-order valence-corrected chi connectivity index (χ2v) is 4.69. The van der Waals surface area contributed by atoms with Crippen LogP contribution in [0.1, 0.15) is 11.9 Å². The Hall–Kier alpha value is -0.940. The number of epoxide rings is 1. The maximum absolute atomic E-state index is 5.96. The zero-order valence-corrected chi connectivity index (χ0v) is 9.32. The molecule has 0 N–H and O–H groups in total. The second-order valence-electron chi connectivity index (χ2n) is 4.69. The third kappa shape index (κ3) is 1.68. The molecule has 3 fully saturated rings. The van der Waals surface area contributed by atoms with Crippen molar-refractivity contribution in [2.24, 2.45) is 0 Å². The van der Waals surface area contributed by atoms with E-state index in [4.69, 9.17) is 18.9 Å². The van der Waals surface area contributed by atoms with E-state index in [9.17, 15) is 0 Å². The summed E-state index contributed by atoms with van der Waals surface area (Å²) in [6.07, 6.45) is 0.213. The van der Waals surface area contributed by atoms with Crippen LogP contribution in [0.25, 0.3) is 0 Å². The van der Waals surface area contributed by atoms with Crippen LogP contribution >= 0.6 is 0 Å². The van der Waals surface area contributed by atoms with Crippen LogP contribution in [-0.4, -0.2) is 37.6 Å². The first-order valence-electron chi connectivity index (χ1n) is 6.01. The van der Waals surface area contributed by atoms with Gasteiger partial charge in [0.05, 0.1) is 13.2 Å². The van der Waals surface area contributed by atoms with E-state index >= 15 is 0 Å². The highest BCUT2D eigenvalue weighted by Gasteiger charge is 2.55. The van der Waals surface area contributed by atoms with E-state index < -0.39 is 0 Å². The van der Waals surface area contributed by atoms with Gasteiger partial charge in [0.2, 0.25) is 0 Å². The lowest BCUT2D eigenvalue weighted by Gasteiger charge is -2.37. The molecule has 0 aromatic heterocycles. The number of fused-ring (bicyclic) bond motifs is 3. The number of hydrogen-bond acceptors (Lipinski definition) is 4. The average Bonchev–Trinajstić information content (AvgIpc) is 3.19. The fourth-order valence-electron chi connectivity index (χ4n) is 2.56. The molecule has 1 aromatic rings. The molecule has 4 heteroatoms. The number of rotatable bonds is 1. The summed E-state index contributed by atoms with van der Waals surface area (Å²) in [5, 5.41) is 0. The molecule has 3 aliphatic rings. The van der Waals surface area contributed by atoms with Crippen molar-refractivity contribution >= 4 is 0 Å². The summed E-state index contributed by atoms with van der Waals surface area (Å²) >= 11 is 0. The van der Waals surface area contributed by atoms with Gasteiger partial charge in [0.15, 0.2) is 6.29 Å².